The summed E-state index contributed by atoms with van der Waals surface area (Å²) in [7, 11) is 0. The smallest absolute Gasteiger partial charge is 0.251 e. The summed E-state index contributed by atoms with van der Waals surface area (Å²) < 4.78 is 13.1. The van der Waals surface area contributed by atoms with E-state index in [2.05, 4.69) is 5.32 Å². The lowest BCUT2D eigenvalue weighted by Gasteiger charge is -2.17. The van der Waals surface area contributed by atoms with Gasteiger partial charge in [-0.15, -0.1) is 0 Å². The Morgan fingerprint density at radius 1 is 1.17 bits per heavy atom. The van der Waals surface area contributed by atoms with Gasteiger partial charge in [0.05, 0.1) is 0 Å². The van der Waals surface area contributed by atoms with Crippen molar-refractivity contribution in [2.75, 3.05) is 13.1 Å². The molecular formula is C19H19FN2O2. The highest BCUT2D eigenvalue weighted by molar-refractivity contribution is 5.94. The Bertz CT molecular complexity index is 733. The molecule has 0 aromatic heterocycles. The van der Waals surface area contributed by atoms with Crippen molar-refractivity contribution in [1.82, 2.24) is 10.2 Å². The first-order valence-corrected chi connectivity index (χ1v) is 7.97. The molecule has 1 atom stereocenters. The van der Waals surface area contributed by atoms with Crippen LogP contribution in [0.2, 0.25) is 0 Å². The zero-order valence-electron chi connectivity index (χ0n) is 13.2. The van der Waals surface area contributed by atoms with Crippen molar-refractivity contribution in [3.8, 4) is 0 Å². The Hall–Kier alpha value is -2.69. The van der Waals surface area contributed by atoms with Crippen molar-refractivity contribution < 1.29 is 14.0 Å². The van der Waals surface area contributed by atoms with Crippen LogP contribution in [0.15, 0.2) is 54.6 Å². The summed E-state index contributed by atoms with van der Waals surface area (Å²) in [6.45, 7) is 1.62. The fourth-order valence-corrected chi connectivity index (χ4v) is 2.92. The molecule has 124 valence electrons. The van der Waals surface area contributed by atoms with Crippen molar-refractivity contribution in [3.05, 3.63) is 71.5 Å². The first-order valence-electron chi connectivity index (χ1n) is 7.97. The normalized spacial score (nSPS) is 17.1. The monoisotopic (exact) mass is 326 g/mol. The Morgan fingerprint density at radius 3 is 2.71 bits per heavy atom. The molecule has 1 heterocycles. The molecule has 1 saturated heterocycles. The zero-order valence-corrected chi connectivity index (χ0v) is 13.2. The Kier molecular flexibility index (Phi) is 4.89. The predicted octanol–water partition coefficient (Wildman–Crippen LogP) is 2.60. The highest BCUT2D eigenvalue weighted by atomic mass is 19.1. The molecule has 4 nitrogen and oxygen atoms in total. The number of carbonyl (C=O) groups is 2. The minimum Gasteiger partial charge on any atom is -0.352 e. The highest BCUT2D eigenvalue weighted by Crippen LogP contribution is 2.19. The maximum Gasteiger partial charge on any atom is 0.251 e. The molecule has 1 N–H and O–H groups in total. The molecular weight excluding hydrogens is 307 g/mol. The number of rotatable bonds is 5. The summed E-state index contributed by atoms with van der Waals surface area (Å²) in [5.41, 5.74) is 1.38. The van der Waals surface area contributed by atoms with E-state index in [1.165, 1.54) is 18.2 Å². The SMILES string of the molecule is O=C(NCC1CC(=O)N(Cc2ccccc2)C1)c1cccc(F)c1. The summed E-state index contributed by atoms with van der Waals surface area (Å²) >= 11 is 0. The van der Waals surface area contributed by atoms with Crippen LogP contribution in [0.25, 0.3) is 0 Å². The lowest BCUT2D eigenvalue weighted by Crippen LogP contribution is -2.31. The second kappa shape index (κ2) is 7.25. The minimum absolute atomic E-state index is 0.0821. The number of carbonyl (C=O) groups excluding carboxylic acids is 2. The van der Waals surface area contributed by atoms with E-state index in [4.69, 9.17) is 0 Å². The molecule has 2 amide bonds. The first kappa shape index (κ1) is 16.2. The van der Waals surface area contributed by atoms with Gasteiger partial charge in [0.15, 0.2) is 0 Å². The van der Waals surface area contributed by atoms with Crippen LogP contribution in [0.3, 0.4) is 0 Å². The van der Waals surface area contributed by atoms with Gasteiger partial charge in [0, 0.05) is 37.5 Å². The molecule has 1 aliphatic rings. The number of likely N-dealkylation sites (tertiary alicyclic amines) is 1. The number of nitrogens with zero attached hydrogens (tertiary/aromatic N) is 1. The summed E-state index contributed by atoms with van der Waals surface area (Å²) in [5.74, 6) is -0.571. The van der Waals surface area contributed by atoms with Crippen LogP contribution in [0.1, 0.15) is 22.3 Å². The van der Waals surface area contributed by atoms with Crippen LogP contribution in [0.4, 0.5) is 4.39 Å². The van der Waals surface area contributed by atoms with Crippen LogP contribution in [-0.2, 0) is 11.3 Å². The molecule has 2 aromatic rings. The second-order valence-electron chi connectivity index (χ2n) is 6.05. The van der Waals surface area contributed by atoms with Gasteiger partial charge in [-0.2, -0.15) is 0 Å². The van der Waals surface area contributed by atoms with Gasteiger partial charge in [-0.05, 0) is 23.8 Å². The van der Waals surface area contributed by atoms with Crippen molar-refractivity contribution >= 4 is 11.8 Å². The number of hydrogen-bond acceptors (Lipinski definition) is 2. The van der Waals surface area contributed by atoms with E-state index < -0.39 is 5.82 Å². The van der Waals surface area contributed by atoms with Crippen LogP contribution < -0.4 is 5.32 Å². The molecule has 1 unspecified atom stereocenters. The van der Waals surface area contributed by atoms with E-state index in [1.807, 2.05) is 35.2 Å². The minimum atomic E-state index is -0.437. The Balaban J connectivity index is 1.52. The molecule has 24 heavy (non-hydrogen) atoms. The average Bonchev–Trinajstić information content (AvgIpc) is 2.93. The lowest BCUT2D eigenvalue weighted by molar-refractivity contribution is -0.128. The molecule has 2 aromatic carbocycles. The molecule has 0 spiro atoms. The molecule has 3 rings (SSSR count). The molecule has 1 aliphatic heterocycles. The van der Waals surface area contributed by atoms with Crippen LogP contribution in [-0.4, -0.2) is 29.8 Å². The summed E-state index contributed by atoms with van der Waals surface area (Å²) in [4.78, 5) is 26.0. The zero-order chi connectivity index (χ0) is 16.9. The van der Waals surface area contributed by atoms with Gasteiger partial charge in [0.25, 0.3) is 5.91 Å². The van der Waals surface area contributed by atoms with Crippen LogP contribution >= 0.6 is 0 Å². The molecule has 0 saturated carbocycles. The number of amides is 2. The molecule has 0 radical (unpaired) electrons. The van der Waals surface area contributed by atoms with Gasteiger partial charge in [0.2, 0.25) is 5.91 Å². The maximum atomic E-state index is 13.1. The third-order valence-corrected chi connectivity index (χ3v) is 4.15. The summed E-state index contributed by atoms with van der Waals surface area (Å²) in [6.07, 6.45) is 0.427. The standard InChI is InChI=1S/C19H19FN2O2/c20-17-8-4-7-16(10-17)19(24)21-11-15-9-18(23)22(13-15)12-14-5-2-1-3-6-14/h1-8,10,15H,9,11-13H2,(H,21,24). The largest absolute Gasteiger partial charge is 0.352 e. The van der Waals surface area contributed by atoms with E-state index in [1.54, 1.807) is 6.07 Å². The Labute approximate surface area is 140 Å². The summed E-state index contributed by atoms with van der Waals surface area (Å²) in [5, 5.41) is 2.79. The third kappa shape index (κ3) is 3.98. The van der Waals surface area contributed by atoms with Crippen molar-refractivity contribution in [1.29, 1.82) is 0 Å². The van der Waals surface area contributed by atoms with Gasteiger partial charge < -0.3 is 10.2 Å². The van der Waals surface area contributed by atoms with Crippen LogP contribution in [0.5, 0.6) is 0 Å². The van der Waals surface area contributed by atoms with Gasteiger partial charge in [-0.1, -0.05) is 36.4 Å². The summed E-state index contributed by atoms with van der Waals surface area (Å²) in [6, 6.07) is 15.4. The van der Waals surface area contributed by atoms with E-state index in [-0.39, 0.29) is 17.7 Å². The molecule has 0 bridgehead atoms. The number of halogens is 1. The number of hydrogen-bond donors (Lipinski definition) is 1. The van der Waals surface area contributed by atoms with Crippen molar-refractivity contribution in [2.24, 2.45) is 5.92 Å². The number of nitrogens with one attached hydrogen (secondary N) is 1. The van der Waals surface area contributed by atoms with Crippen LogP contribution in [0, 0.1) is 11.7 Å². The number of benzene rings is 2. The van der Waals surface area contributed by atoms with Crippen molar-refractivity contribution in [2.45, 2.75) is 13.0 Å². The van der Waals surface area contributed by atoms with Gasteiger partial charge >= 0.3 is 0 Å². The quantitative estimate of drug-likeness (QED) is 0.918. The van der Waals surface area contributed by atoms with Crippen molar-refractivity contribution in [3.63, 3.8) is 0 Å². The maximum absolute atomic E-state index is 13.1. The Morgan fingerprint density at radius 2 is 1.96 bits per heavy atom. The fraction of sp³-hybridized carbons (Fsp3) is 0.263. The predicted molar refractivity (Wildman–Crippen MR) is 88.7 cm³/mol. The molecule has 1 fully saturated rings. The topological polar surface area (TPSA) is 49.4 Å². The van der Waals surface area contributed by atoms with Gasteiger partial charge in [0.1, 0.15) is 5.82 Å². The van der Waals surface area contributed by atoms with E-state index in [0.717, 1.165) is 5.56 Å². The second-order valence-corrected chi connectivity index (χ2v) is 6.05. The fourth-order valence-electron chi connectivity index (χ4n) is 2.92. The van der Waals surface area contributed by atoms with Gasteiger partial charge in [-0.25, -0.2) is 4.39 Å². The van der Waals surface area contributed by atoms with Gasteiger partial charge in [-0.3, -0.25) is 9.59 Å². The highest BCUT2D eigenvalue weighted by Gasteiger charge is 2.29. The van der Waals surface area contributed by atoms with E-state index >= 15 is 0 Å². The lowest BCUT2D eigenvalue weighted by atomic mass is 10.1. The first-order chi connectivity index (χ1) is 11.6. The average molecular weight is 326 g/mol. The third-order valence-electron chi connectivity index (χ3n) is 4.15. The van der Waals surface area contributed by atoms with E-state index in [9.17, 15) is 14.0 Å². The van der Waals surface area contributed by atoms with E-state index in [0.29, 0.717) is 31.6 Å². The molecule has 0 aliphatic carbocycles. The molecule has 5 heteroatoms.